The second kappa shape index (κ2) is 6.00. The molecule has 17 heavy (non-hydrogen) atoms. The van der Waals surface area contributed by atoms with Crippen molar-refractivity contribution in [2.45, 2.75) is 6.92 Å². The molecule has 0 aliphatic heterocycles. The quantitative estimate of drug-likeness (QED) is 0.763. The lowest BCUT2D eigenvalue weighted by Crippen LogP contribution is -2.26. The minimum absolute atomic E-state index is 0.189. The van der Waals surface area contributed by atoms with Crippen LogP contribution in [0.15, 0.2) is 18.2 Å². The summed E-state index contributed by atoms with van der Waals surface area (Å²) in [7, 11) is 2.99. The molecule has 0 saturated heterocycles. The highest BCUT2D eigenvalue weighted by Crippen LogP contribution is 2.18. The fourth-order valence-corrected chi connectivity index (χ4v) is 1.40. The first-order valence-corrected chi connectivity index (χ1v) is 5.22. The molecule has 0 radical (unpaired) electrons. The van der Waals surface area contributed by atoms with Gasteiger partial charge in [0.15, 0.2) is 0 Å². The van der Waals surface area contributed by atoms with E-state index in [0.717, 1.165) is 5.56 Å². The van der Waals surface area contributed by atoms with E-state index < -0.39 is 5.97 Å². The molecule has 2 N–H and O–H groups in total. The largest absolute Gasteiger partial charge is 0.465 e. The number of esters is 1. The maximum atomic E-state index is 11.5. The summed E-state index contributed by atoms with van der Waals surface area (Å²) in [6, 6.07) is 5.19. The van der Waals surface area contributed by atoms with Crippen LogP contribution >= 0.6 is 0 Å². The van der Waals surface area contributed by atoms with Gasteiger partial charge in [-0.05, 0) is 26.1 Å². The number of carbonyl (C=O) groups is 2. The number of hydrogen-bond acceptors (Lipinski definition) is 4. The summed E-state index contributed by atoms with van der Waals surface area (Å²) in [6.07, 6.45) is 0. The van der Waals surface area contributed by atoms with Gasteiger partial charge in [-0.25, -0.2) is 4.79 Å². The van der Waals surface area contributed by atoms with Crippen molar-refractivity contribution in [3.8, 4) is 0 Å². The van der Waals surface area contributed by atoms with Crippen LogP contribution in [0.1, 0.15) is 15.9 Å². The molecule has 1 amide bonds. The number of carbonyl (C=O) groups excluding carboxylic acids is 2. The summed E-state index contributed by atoms with van der Waals surface area (Å²) in [5.74, 6) is -0.671. The number of rotatable bonds is 4. The molecule has 92 valence electrons. The molecule has 5 heteroatoms. The lowest BCUT2D eigenvalue weighted by Gasteiger charge is -2.10. The van der Waals surface area contributed by atoms with Crippen molar-refractivity contribution in [1.29, 1.82) is 0 Å². The second-order valence-electron chi connectivity index (χ2n) is 3.62. The summed E-state index contributed by atoms with van der Waals surface area (Å²) in [5.41, 5.74) is 1.75. The average molecular weight is 236 g/mol. The molecule has 0 heterocycles. The number of likely N-dealkylation sites (N-methyl/N-ethyl adjacent to an activating group) is 1. The standard InChI is InChI=1S/C12H16N2O3/c1-8-4-5-10(14-11(15)7-13-2)9(6-8)12(16)17-3/h4-6,13H,7H2,1-3H3,(H,14,15). The summed E-state index contributed by atoms with van der Waals surface area (Å²) in [5, 5.41) is 5.39. The Kier molecular flexibility index (Phi) is 4.66. The predicted octanol–water partition coefficient (Wildman–Crippen LogP) is 0.940. The van der Waals surface area contributed by atoms with Gasteiger partial charge in [-0.3, -0.25) is 4.79 Å². The molecule has 0 saturated carbocycles. The van der Waals surface area contributed by atoms with Crippen molar-refractivity contribution in [2.75, 3.05) is 26.0 Å². The fraction of sp³-hybridized carbons (Fsp3) is 0.333. The van der Waals surface area contributed by atoms with Gasteiger partial charge >= 0.3 is 5.97 Å². The molecule has 0 aliphatic rings. The number of benzene rings is 1. The lowest BCUT2D eigenvalue weighted by atomic mass is 10.1. The number of hydrogen-bond donors (Lipinski definition) is 2. The van der Waals surface area contributed by atoms with E-state index in [9.17, 15) is 9.59 Å². The maximum Gasteiger partial charge on any atom is 0.339 e. The molecule has 0 unspecified atom stereocenters. The maximum absolute atomic E-state index is 11.5. The van der Waals surface area contributed by atoms with Crippen molar-refractivity contribution in [3.05, 3.63) is 29.3 Å². The van der Waals surface area contributed by atoms with Crippen LogP contribution in [0.25, 0.3) is 0 Å². The Hall–Kier alpha value is -1.88. The monoisotopic (exact) mass is 236 g/mol. The van der Waals surface area contributed by atoms with Gasteiger partial charge in [0.05, 0.1) is 24.9 Å². The van der Waals surface area contributed by atoms with Gasteiger partial charge < -0.3 is 15.4 Å². The molecule has 0 bridgehead atoms. The zero-order valence-corrected chi connectivity index (χ0v) is 10.2. The lowest BCUT2D eigenvalue weighted by molar-refractivity contribution is -0.115. The highest BCUT2D eigenvalue weighted by molar-refractivity contribution is 6.01. The summed E-state index contributed by atoms with van der Waals surface area (Å²) >= 11 is 0. The molecular formula is C12H16N2O3. The first kappa shape index (κ1) is 13.2. The highest BCUT2D eigenvalue weighted by atomic mass is 16.5. The van der Waals surface area contributed by atoms with E-state index >= 15 is 0 Å². The van der Waals surface area contributed by atoms with Crippen LogP contribution in [0, 0.1) is 6.92 Å². The van der Waals surface area contributed by atoms with Crippen LogP contribution in [-0.4, -0.2) is 32.6 Å². The summed E-state index contributed by atoms with van der Waals surface area (Å²) in [4.78, 5) is 23.0. The van der Waals surface area contributed by atoms with Gasteiger partial charge in [0, 0.05) is 0 Å². The Morgan fingerprint density at radius 1 is 1.35 bits per heavy atom. The van der Waals surface area contributed by atoms with E-state index in [1.54, 1.807) is 19.2 Å². The Labute approximate surface area is 100 Å². The van der Waals surface area contributed by atoms with Gasteiger partial charge in [0.25, 0.3) is 0 Å². The van der Waals surface area contributed by atoms with Crippen LogP contribution in [-0.2, 0) is 9.53 Å². The van der Waals surface area contributed by atoms with E-state index in [4.69, 9.17) is 0 Å². The third kappa shape index (κ3) is 3.57. The van der Waals surface area contributed by atoms with Crippen LogP contribution < -0.4 is 10.6 Å². The second-order valence-corrected chi connectivity index (χ2v) is 3.62. The third-order valence-electron chi connectivity index (χ3n) is 2.19. The van der Waals surface area contributed by atoms with E-state index in [0.29, 0.717) is 11.3 Å². The van der Waals surface area contributed by atoms with E-state index in [1.807, 2.05) is 13.0 Å². The first-order chi connectivity index (χ1) is 8.08. The molecular weight excluding hydrogens is 220 g/mol. The van der Waals surface area contributed by atoms with Gasteiger partial charge in [-0.2, -0.15) is 0 Å². The Bertz CT molecular complexity index is 430. The van der Waals surface area contributed by atoms with Crippen LogP contribution in [0.5, 0.6) is 0 Å². The van der Waals surface area contributed by atoms with Gasteiger partial charge in [0.2, 0.25) is 5.91 Å². The predicted molar refractivity (Wildman–Crippen MR) is 65.1 cm³/mol. The third-order valence-corrected chi connectivity index (χ3v) is 2.19. The number of ether oxygens (including phenoxy) is 1. The molecule has 1 aromatic carbocycles. The van der Waals surface area contributed by atoms with Gasteiger partial charge in [-0.15, -0.1) is 0 Å². The van der Waals surface area contributed by atoms with E-state index in [-0.39, 0.29) is 12.5 Å². The molecule has 1 rings (SSSR count). The Balaban J connectivity index is 2.98. The van der Waals surface area contributed by atoms with Crippen LogP contribution in [0.2, 0.25) is 0 Å². The molecule has 0 atom stereocenters. The van der Waals surface area contributed by atoms with E-state index in [2.05, 4.69) is 15.4 Å². The number of nitrogens with one attached hydrogen (secondary N) is 2. The highest BCUT2D eigenvalue weighted by Gasteiger charge is 2.13. The zero-order chi connectivity index (χ0) is 12.8. The number of aryl methyl sites for hydroxylation is 1. The Morgan fingerprint density at radius 2 is 2.06 bits per heavy atom. The smallest absolute Gasteiger partial charge is 0.339 e. The van der Waals surface area contributed by atoms with Gasteiger partial charge in [0.1, 0.15) is 0 Å². The van der Waals surface area contributed by atoms with E-state index in [1.165, 1.54) is 7.11 Å². The minimum atomic E-state index is -0.464. The molecule has 5 nitrogen and oxygen atoms in total. The molecule has 0 spiro atoms. The van der Waals surface area contributed by atoms with Crippen LogP contribution in [0.3, 0.4) is 0 Å². The summed E-state index contributed by atoms with van der Waals surface area (Å²) in [6.45, 7) is 2.06. The SMILES string of the molecule is CNCC(=O)Nc1ccc(C)cc1C(=O)OC. The molecule has 1 aromatic rings. The first-order valence-electron chi connectivity index (χ1n) is 5.22. The normalized spacial score (nSPS) is 9.82. The molecule has 0 aromatic heterocycles. The number of anilines is 1. The molecule has 0 fully saturated rings. The Morgan fingerprint density at radius 3 is 2.65 bits per heavy atom. The minimum Gasteiger partial charge on any atom is -0.465 e. The van der Waals surface area contributed by atoms with Gasteiger partial charge in [-0.1, -0.05) is 11.6 Å². The fourth-order valence-electron chi connectivity index (χ4n) is 1.40. The van der Waals surface area contributed by atoms with Crippen molar-refractivity contribution >= 4 is 17.6 Å². The zero-order valence-electron chi connectivity index (χ0n) is 10.2. The summed E-state index contributed by atoms with van der Waals surface area (Å²) < 4.78 is 4.67. The number of methoxy groups -OCH3 is 1. The topological polar surface area (TPSA) is 67.4 Å². The van der Waals surface area contributed by atoms with Crippen molar-refractivity contribution in [3.63, 3.8) is 0 Å². The number of amides is 1. The van der Waals surface area contributed by atoms with Crippen molar-refractivity contribution in [1.82, 2.24) is 5.32 Å². The average Bonchev–Trinajstić information content (AvgIpc) is 2.30. The van der Waals surface area contributed by atoms with Crippen LogP contribution in [0.4, 0.5) is 5.69 Å². The molecule has 0 aliphatic carbocycles. The van der Waals surface area contributed by atoms with Crippen molar-refractivity contribution in [2.24, 2.45) is 0 Å². The van der Waals surface area contributed by atoms with Crippen molar-refractivity contribution < 1.29 is 14.3 Å².